The Balaban J connectivity index is 2.45. The standard InChI is InChI=1S/C11H11BrN2O/c1-8-6-13-14(7-8)9-3-4-10(12)11(5-9)15-2/h3-7H,1-2H3. The molecule has 3 nitrogen and oxygen atoms in total. The highest BCUT2D eigenvalue weighted by atomic mass is 79.9. The van der Waals surface area contributed by atoms with Crippen LogP contribution in [0.15, 0.2) is 35.1 Å². The lowest BCUT2D eigenvalue weighted by Gasteiger charge is -2.06. The second-order valence-corrected chi connectivity index (χ2v) is 4.14. The van der Waals surface area contributed by atoms with Gasteiger partial charge in [0.05, 0.1) is 23.5 Å². The van der Waals surface area contributed by atoms with Crippen LogP contribution in [0.1, 0.15) is 5.56 Å². The first-order chi connectivity index (χ1) is 7.20. The molecule has 2 rings (SSSR count). The molecule has 0 aliphatic heterocycles. The highest BCUT2D eigenvalue weighted by molar-refractivity contribution is 9.10. The van der Waals surface area contributed by atoms with Crippen molar-refractivity contribution in [1.82, 2.24) is 9.78 Å². The van der Waals surface area contributed by atoms with Crippen LogP contribution in [0.5, 0.6) is 5.75 Å². The molecule has 0 unspecified atom stereocenters. The zero-order chi connectivity index (χ0) is 10.8. The molecule has 1 aromatic carbocycles. The molecule has 0 fully saturated rings. The van der Waals surface area contributed by atoms with Crippen LogP contribution in [0.4, 0.5) is 0 Å². The Hall–Kier alpha value is -1.29. The summed E-state index contributed by atoms with van der Waals surface area (Å²) in [7, 11) is 1.65. The summed E-state index contributed by atoms with van der Waals surface area (Å²) < 4.78 is 7.99. The Morgan fingerprint density at radius 2 is 2.20 bits per heavy atom. The second-order valence-electron chi connectivity index (χ2n) is 3.28. The van der Waals surface area contributed by atoms with E-state index in [1.807, 2.05) is 42.2 Å². The number of halogens is 1. The number of hydrogen-bond donors (Lipinski definition) is 0. The summed E-state index contributed by atoms with van der Waals surface area (Å²) in [6.07, 6.45) is 3.80. The van der Waals surface area contributed by atoms with Crippen molar-refractivity contribution in [3.05, 3.63) is 40.6 Å². The molecule has 15 heavy (non-hydrogen) atoms. The minimum atomic E-state index is 0.806. The molecule has 0 bridgehead atoms. The fourth-order valence-electron chi connectivity index (χ4n) is 1.35. The van der Waals surface area contributed by atoms with E-state index in [0.717, 1.165) is 21.5 Å². The van der Waals surface area contributed by atoms with E-state index in [1.165, 1.54) is 0 Å². The molecule has 0 saturated heterocycles. The van der Waals surface area contributed by atoms with Gasteiger partial charge >= 0.3 is 0 Å². The molecule has 0 aliphatic carbocycles. The van der Waals surface area contributed by atoms with Crippen LogP contribution in [-0.4, -0.2) is 16.9 Å². The molecule has 0 amide bonds. The first kappa shape index (κ1) is 10.2. The molecule has 4 heteroatoms. The van der Waals surface area contributed by atoms with Gasteiger partial charge in [0.2, 0.25) is 0 Å². The Morgan fingerprint density at radius 3 is 2.80 bits per heavy atom. The molecular weight excluding hydrogens is 256 g/mol. The monoisotopic (exact) mass is 266 g/mol. The van der Waals surface area contributed by atoms with E-state index in [-0.39, 0.29) is 0 Å². The average molecular weight is 267 g/mol. The van der Waals surface area contributed by atoms with Crippen LogP contribution in [0, 0.1) is 6.92 Å². The number of aromatic nitrogens is 2. The summed E-state index contributed by atoms with van der Waals surface area (Å²) in [5.41, 5.74) is 2.13. The van der Waals surface area contributed by atoms with Gasteiger partial charge < -0.3 is 4.74 Å². The summed E-state index contributed by atoms with van der Waals surface area (Å²) in [5.74, 6) is 0.806. The van der Waals surface area contributed by atoms with Crippen LogP contribution in [-0.2, 0) is 0 Å². The second kappa shape index (κ2) is 4.06. The number of methoxy groups -OCH3 is 1. The molecule has 1 aromatic heterocycles. The molecule has 0 atom stereocenters. The third-order valence-corrected chi connectivity index (χ3v) is 2.77. The van der Waals surface area contributed by atoms with Gasteiger partial charge in [0.1, 0.15) is 5.75 Å². The molecule has 0 saturated carbocycles. The number of aryl methyl sites for hydroxylation is 1. The third kappa shape index (κ3) is 2.04. The summed E-state index contributed by atoms with van der Waals surface area (Å²) in [6, 6.07) is 5.88. The van der Waals surface area contributed by atoms with Crippen molar-refractivity contribution in [2.75, 3.05) is 7.11 Å². The van der Waals surface area contributed by atoms with E-state index in [9.17, 15) is 0 Å². The number of hydrogen-bond acceptors (Lipinski definition) is 2. The maximum atomic E-state index is 5.23. The van der Waals surface area contributed by atoms with Gasteiger partial charge in [-0.25, -0.2) is 4.68 Å². The molecule has 0 N–H and O–H groups in total. The van der Waals surface area contributed by atoms with Crippen molar-refractivity contribution in [3.8, 4) is 11.4 Å². The third-order valence-electron chi connectivity index (χ3n) is 2.11. The maximum absolute atomic E-state index is 5.23. The lowest BCUT2D eigenvalue weighted by Crippen LogP contribution is -1.95. The van der Waals surface area contributed by atoms with Gasteiger partial charge in [-0.15, -0.1) is 0 Å². The van der Waals surface area contributed by atoms with Crippen LogP contribution < -0.4 is 4.74 Å². The number of nitrogens with zero attached hydrogens (tertiary/aromatic N) is 2. The van der Waals surface area contributed by atoms with Crippen molar-refractivity contribution >= 4 is 15.9 Å². The van der Waals surface area contributed by atoms with Gasteiger partial charge in [-0.05, 0) is 40.5 Å². The molecule has 0 spiro atoms. The van der Waals surface area contributed by atoms with E-state index in [0.29, 0.717) is 0 Å². The van der Waals surface area contributed by atoms with Crippen molar-refractivity contribution < 1.29 is 4.74 Å². The largest absolute Gasteiger partial charge is 0.495 e. The van der Waals surface area contributed by atoms with Crippen molar-refractivity contribution in [1.29, 1.82) is 0 Å². The highest BCUT2D eigenvalue weighted by Gasteiger charge is 2.03. The predicted octanol–water partition coefficient (Wildman–Crippen LogP) is 2.95. The number of ether oxygens (including phenoxy) is 1. The quantitative estimate of drug-likeness (QED) is 0.836. The van der Waals surface area contributed by atoms with Gasteiger partial charge in [0.25, 0.3) is 0 Å². The average Bonchev–Trinajstić information content (AvgIpc) is 2.66. The van der Waals surface area contributed by atoms with E-state index >= 15 is 0 Å². The fourth-order valence-corrected chi connectivity index (χ4v) is 1.75. The van der Waals surface area contributed by atoms with Gasteiger partial charge in [0.15, 0.2) is 0 Å². The highest BCUT2D eigenvalue weighted by Crippen LogP contribution is 2.26. The molecule has 78 valence electrons. The first-order valence-electron chi connectivity index (χ1n) is 4.56. The van der Waals surface area contributed by atoms with Gasteiger partial charge in [-0.3, -0.25) is 0 Å². The first-order valence-corrected chi connectivity index (χ1v) is 5.35. The van der Waals surface area contributed by atoms with E-state index in [2.05, 4.69) is 21.0 Å². The zero-order valence-electron chi connectivity index (χ0n) is 8.57. The molecule has 0 aliphatic rings. The summed E-state index contributed by atoms with van der Waals surface area (Å²) >= 11 is 3.41. The fraction of sp³-hybridized carbons (Fsp3) is 0.182. The van der Waals surface area contributed by atoms with E-state index < -0.39 is 0 Å². The molecule has 1 heterocycles. The number of benzene rings is 1. The van der Waals surface area contributed by atoms with Gasteiger partial charge in [-0.1, -0.05) is 0 Å². The molecule has 0 radical (unpaired) electrons. The minimum Gasteiger partial charge on any atom is -0.495 e. The van der Waals surface area contributed by atoms with Crippen molar-refractivity contribution in [2.24, 2.45) is 0 Å². The van der Waals surface area contributed by atoms with Crippen LogP contribution in [0.25, 0.3) is 5.69 Å². The Morgan fingerprint density at radius 1 is 1.40 bits per heavy atom. The van der Waals surface area contributed by atoms with Gasteiger partial charge in [0, 0.05) is 12.3 Å². The Bertz CT molecular complexity index is 479. The summed E-state index contributed by atoms with van der Waals surface area (Å²) in [4.78, 5) is 0. The molecule has 2 aromatic rings. The van der Waals surface area contributed by atoms with Crippen LogP contribution in [0.2, 0.25) is 0 Å². The predicted molar refractivity (Wildman–Crippen MR) is 62.6 cm³/mol. The minimum absolute atomic E-state index is 0.806. The summed E-state index contributed by atoms with van der Waals surface area (Å²) in [5, 5.41) is 4.24. The lowest BCUT2D eigenvalue weighted by molar-refractivity contribution is 0.412. The zero-order valence-corrected chi connectivity index (χ0v) is 10.2. The van der Waals surface area contributed by atoms with Crippen molar-refractivity contribution in [3.63, 3.8) is 0 Å². The molecular formula is C11H11BrN2O. The number of rotatable bonds is 2. The van der Waals surface area contributed by atoms with Gasteiger partial charge in [-0.2, -0.15) is 5.10 Å². The maximum Gasteiger partial charge on any atom is 0.135 e. The van der Waals surface area contributed by atoms with Crippen LogP contribution >= 0.6 is 15.9 Å². The lowest BCUT2D eigenvalue weighted by atomic mass is 10.3. The van der Waals surface area contributed by atoms with Crippen molar-refractivity contribution in [2.45, 2.75) is 6.92 Å². The van der Waals surface area contributed by atoms with Crippen LogP contribution in [0.3, 0.4) is 0 Å². The summed E-state index contributed by atoms with van der Waals surface area (Å²) in [6.45, 7) is 2.01. The topological polar surface area (TPSA) is 27.1 Å². The van der Waals surface area contributed by atoms with E-state index in [1.54, 1.807) is 7.11 Å². The Kier molecular flexibility index (Phi) is 2.77. The normalized spacial score (nSPS) is 10.3. The van der Waals surface area contributed by atoms with E-state index in [4.69, 9.17) is 4.74 Å². The Labute approximate surface area is 96.8 Å². The SMILES string of the molecule is COc1cc(-n2cc(C)cn2)ccc1Br. The smallest absolute Gasteiger partial charge is 0.135 e.